The number of aryl methyl sites for hydroxylation is 2. The predicted octanol–water partition coefficient (Wildman–Crippen LogP) is 5.71. The number of rotatable bonds is 4. The van der Waals surface area contributed by atoms with Crippen LogP contribution in [0.15, 0.2) is 77.8 Å². The Labute approximate surface area is 201 Å². The fraction of sp³-hybridized carbons (Fsp3) is 0.154. The normalized spacial score (nSPS) is 18.0. The largest absolute Gasteiger partial charge is 0.353 e. The highest BCUT2D eigenvalue weighted by atomic mass is 32.1. The van der Waals surface area contributed by atoms with Gasteiger partial charge >= 0.3 is 0 Å². The number of benzene rings is 3. The molecule has 5 rings (SSSR count). The second-order valence-electron chi connectivity index (χ2n) is 8.05. The molecule has 0 fully saturated rings. The number of carbonyl (C=O) groups is 1. The Kier molecular flexibility index (Phi) is 5.74. The van der Waals surface area contributed by atoms with Crippen LogP contribution in [0.3, 0.4) is 0 Å². The van der Waals surface area contributed by atoms with E-state index in [4.69, 9.17) is 17.2 Å². The highest BCUT2D eigenvalue weighted by Gasteiger charge is 2.39. The zero-order valence-corrected chi connectivity index (χ0v) is 19.8. The van der Waals surface area contributed by atoms with Crippen molar-refractivity contribution in [2.75, 3.05) is 5.32 Å². The maximum atomic E-state index is 13.6. The first-order valence-corrected chi connectivity index (χ1v) is 11.9. The van der Waals surface area contributed by atoms with Gasteiger partial charge in [-0.05, 0) is 54.9 Å². The van der Waals surface area contributed by atoms with Crippen LogP contribution in [-0.2, 0) is 4.79 Å². The van der Waals surface area contributed by atoms with Crippen molar-refractivity contribution in [3.63, 3.8) is 0 Å². The van der Waals surface area contributed by atoms with Gasteiger partial charge < -0.3 is 10.6 Å². The number of carbonyl (C=O) groups excluding carboxylic acids is 1. The Morgan fingerprint density at radius 2 is 1.67 bits per heavy atom. The monoisotopic (exact) mass is 470 g/mol. The molecule has 33 heavy (non-hydrogen) atoms. The Morgan fingerprint density at radius 3 is 2.39 bits per heavy atom. The summed E-state index contributed by atoms with van der Waals surface area (Å²) in [5.74, 6) is -0.651. The Hall–Kier alpha value is -3.42. The number of hydrogen-bond acceptors (Lipinski definition) is 4. The number of nitrogens with one attached hydrogen (secondary N) is 2. The zero-order chi connectivity index (χ0) is 22.9. The minimum atomic E-state index is -0.388. The third kappa shape index (κ3) is 4.17. The second-order valence-corrected chi connectivity index (χ2v) is 9.50. The molecular formula is C26H22N4OS2. The molecule has 4 aromatic rings. The third-order valence-electron chi connectivity index (χ3n) is 5.82. The predicted molar refractivity (Wildman–Crippen MR) is 139 cm³/mol. The van der Waals surface area contributed by atoms with E-state index in [2.05, 4.69) is 15.6 Å². The molecule has 3 aromatic carbocycles. The highest BCUT2D eigenvalue weighted by Crippen LogP contribution is 2.39. The van der Waals surface area contributed by atoms with Crippen LogP contribution >= 0.6 is 23.6 Å². The number of thiocarbonyl (C=S) groups is 1. The minimum absolute atomic E-state index is 0.254. The molecule has 164 valence electrons. The van der Waals surface area contributed by atoms with E-state index in [0.29, 0.717) is 10.8 Å². The first kappa shape index (κ1) is 21.4. The van der Waals surface area contributed by atoms with Crippen LogP contribution in [0.2, 0.25) is 0 Å². The number of thiazole rings is 1. The van der Waals surface area contributed by atoms with E-state index in [-0.39, 0.29) is 17.9 Å². The lowest BCUT2D eigenvalue weighted by Gasteiger charge is -2.32. The van der Waals surface area contributed by atoms with E-state index in [1.165, 1.54) is 0 Å². The van der Waals surface area contributed by atoms with Crippen molar-refractivity contribution in [2.24, 2.45) is 4.99 Å². The Balaban J connectivity index is 1.62. The van der Waals surface area contributed by atoms with Crippen molar-refractivity contribution in [1.29, 1.82) is 0 Å². The van der Waals surface area contributed by atoms with Crippen molar-refractivity contribution in [1.82, 2.24) is 10.3 Å². The van der Waals surface area contributed by atoms with Crippen LogP contribution in [0.1, 0.15) is 33.7 Å². The Bertz CT molecular complexity index is 1340. The smallest absolute Gasteiger partial charge is 0.271 e. The molecule has 0 radical (unpaired) electrons. The SMILES string of the molecule is Cc1cccc(C)c1NC(=O)C1=NC(=S)N[C@H](c2ccccc2)[C@H]1c1nc2ccccc2s1. The van der Waals surface area contributed by atoms with Gasteiger partial charge in [-0.15, -0.1) is 11.3 Å². The van der Waals surface area contributed by atoms with Crippen molar-refractivity contribution in [2.45, 2.75) is 25.8 Å². The summed E-state index contributed by atoms with van der Waals surface area (Å²) in [7, 11) is 0. The highest BCUT2D eigenvalue weighted by molar-refractivity contribution is 7.80. The van der Waals surface area contributed by atoms with E-state index in [0.717, 1.165) is 37.6 Å². The maximum absolute atomic E-state index is 13.6. The summed E-state index contributed by atoms with van der Waals surface area (Å²) in [6.45, 7) is 3.96. The lowest BCUT2D eigenvalue weighted by atomic mass is 9.87. The lowest BCUT2D eigenvalue weighted by Crippen LogP contribution is -2.44. The average molecular weight is 471 g/mol. The van der Waals surface area contributed by atoms with E-state index in [1.54, 1.807) is 11.3 Å². The molecule has 0 bridgehead atoms. The van der Waals surface area contributed by atoms with Crippen LogP contribution in [-0.4, -0.2) is 21.7 Å². The Morgan fingerprint density at radius 1 is 0.970 bits per heavy atom. The van der Waals surface area contributed by atoms with Gasteiger partial charge in [-0.2, -0.15) is 0 Å². The molecule has 1 aliphatic rings. The third-order valence-corrected chi connectivity index (χ3v) is 7.14. The quantitative estimate of drug-likeness (QED) is 0.375. The molecule has 1 amide bonds. The molecule has 0 unspecified atom stereocenters. The number of amides is 1. The van der Waals surface area contributed by atoms with Crippen LogP contribution < -0.4 is 10.6 Å². The van der Waals surface area contributed by atoms with E-state index >= 15 is 0 Å². The summed E-state index contributed by atoms with van der Waals surface area (Å²) in [5.41, 5.74) is 5.10. The van der Waals surface area contributed by atoms with Crippen LogP contribution in [0.25, 0.3) is 10.2 Å². The van der Waals surface area contributed by atoms with Crippen molar-refractivity contribution >= 4 is 56.2 Å². The van der Waals surface area contributed by atoms with E-state index < -0.39 is 0 Å². The fourth-order valence-corrected chi connectivity index (χ4v) is 5.52. The molecule has 1 aliphatic heterocycles. The minimum Gasteiger partial charge on any atom is -0.353 e. The summed E-state index contributed by atoms with van der Waals surface area (Å²) >= 11 is 7.05. The first-order valence-electron chi connectivity index (χ1n) is 10.7. The van der Waals surface area contributed by atoms with Crippen LogP contribution in [0.4, 0.5) is 5.69 Å². The van der Waals surface area contributed by atoms with Gasteiger partial charge in [0.15, 0.2) is 5.11 Å². The van der Waals surface area contributed by atoms with Gasteiger partial charge in [-0.25, -0.2) is 9.98 Å². The van der Waals surface area contributed by atoms with Crippen molar-refractivity contribution in [3.05, 3.63) is 94.5 Å². The number of anilines is 1. The summed E-state index contributed by atoms with van der Waals surface area (Å²) in [5, 5.41) is 7.55. The van der Waals surface area contributed by atoms with Gasteiger partial charge in [0.05, 0.1) is 22.2 Å². The second kappa shape index (κ2) is 8.84. The molecule has 2 N–H and O–H groups in total. The number of aliphatic imine (C=N–C) groups is 1. The topological polar surface area (TPSA) is 66.4 Å². The molecule has 2 heterocycles. The van der Waals surface area contributed by atoms with Gasteiger partial charge in [0.1, 0.15) is 10.7 Å². The van der Waals surface area contributed by atoms with Crippen molar-refractivity contribution in [3.8, 4) is 0 Å². The number of fused-ring (bicyclic) bond motifs is 1. The fourth-order valence-electron chi connectivity index (χ4n) is 4.19. The average Bonchev–Trinajstić information content (AvgIpc) is 3.25. The molecule has 0 aliphatic carbocycles. The van der Waals surface area contributed by atoms with Crippen LogP contribution in [0.5, 0.6) is 0 Å². The van der Waals surface area contributed by atoms with Gasteiger partial charge in [-0.3, -0.25) is 4.79 Å². The van der Waals surface area contributed by atoms with E-state index in [9.17, 15) is 4.79 Å². The van der Waals surface area contributed by atoms with Gasteiger partial charge in [0, 0.05) is 5.69 Å². The molecule has 2 atom stereocenters. The maximum Gasteiger partial charge on any atom is 0.271 e. The number of hydrogen-bond donors (Lipinski definition) is 2. The molecule has 0 saturated heterocycles. The van der Waals surface area contributed by atoms with E-state index in [1.807, 2.05) is 86.6 Å². The molecule has 5 nitrogen and oxygen atoms in total. The number of aromatic nitrogens is 1. The molecule has 7 heteroatoms. The summed E-state index contributed by atoms with van der Waals surface area (Å²) in [6.07, 6.45) is 0. The standard InChI is InChI=1S/C26H22N4OS2/c1-15-9-8-10-16(2)21(15)28-24(31)23-20(25-27-18-13-6-7-14-19(18)33-25)22(29-26(32)30-23)17-11-4-3-5-12-17/h3-14,20,22H,1-2H3,(H,28,31)(H,29,32)/t20-,22-/m1/s1. The number of para-hydroxylation sites is 2. The van der Waals surface area contributed by atoms with Gasteiger partial charge in [0.25, 0.3) is 5.91 Å². The first-order chi connectivity index (χ1) is 16.0. The zero-order valence-electron chi connectivity index (χ0n) is 18.2. The number of nitrogens with zero attached hydrogens (tertiary/aromatic N) is 2. The van der Waals surface area contributed by atoms with Gasteiger partial charge in [-0.1, -0.05) is 60.7 Å². The molecule has 0 spiro atoms. The molecule has 1 aromatic heterocycles. The summed E-state index contributed by atoms with van der Waals surface area (Å²) in [4.78, 5) is 23.1. The summed E-state index contributed by atoms with van der Waals surface area (Å²) in [6, 6.07) is 23.7. The lowest BCUT2D eigenvalue weighted by molar-refractivity contribution is -0.110. The van der Waals surface area contributed by atoms with Crippen molar-refractivity contribution < 1.29 is 4.79 Å². The van der Waals surface area contributed by atoms with Crippen LogP contribution in [0, 0.1) is 13.8 Å². The molecular weight excluding hydrogens is 448 g/mol. The molecule has 0 saturated carbocycles. The summed E-state index contributed by atoms with van der Waals surface area (Å²) < 4.78 is 1.07. The van der Waals surface area contributed by atoms with Gasteiger partial charge in [0.2, 0.25) is 0 Å².